The zero-order valence-corrected chi connectivity index (χ0v) is 13.2. The lowest BCUT2D eigenvalue weighted by molar-refractivity contribution is -0.169. The van der Waals surface area contributed by atoms with Gasteiger partial charge < -0.3 is 19.7 Å². The normalized spacial score (nSPS) is 19.6. The molecule has 0 bridgehead atoms. The molecule has 0 aliphatic carbocycles. The molecule has 2 aliphatic heterocycles. The van der Waals surface area contributed by atoms with E-state index in [1.165, 1.54) is 12.4 Å². The Kier molecular flexibility index (Phi) is 4.03. The molecule has 1 spiro atoms. The lowest BCUT2D eigenvalue weighted by Gasteiger charge is -2.38. The van der Waals surface area contributed by atoms with Crippen molar-refractivity contribution in [2.24, 2.45) is 0 Å². The van der Waals surface area contributed by atoms with Crippen molar-refractivity contribution in [2.45, 2.75) is 18.6 Å². The van der Waals surface area contributed by atoms with Crippen molar-refractivity contribution in [2.75, 3.05) is 36.5 Å². The standard InChI is InChI=1S/C17H19FN4O2/c18-13-3-1-2-4-14(13)21-15-11-16(20-12-19-15)22-7-5-17(6-8-22)23-9-10-24-17/h1-4,11-12H,5-10H2,(H,19,20,21). The van der Waals surface area contributed by atoms with Crippen molar-refractivity contribution < 1.29 is 13.9 Å². The van der Waals surface area contributed by atoms with E-state index in [1.807, 2.05) is 6.07 Å². The topological polar surface area (TPSA) is 59.5 Å². The highest BCUT2D eigenvalue weighted by Gasteiger charge is 2.40. The summed E-state index contributed by atoms with van der Waals surface area (Å²) < 4.78 is 25.2. The van der Waals surface area contributed by atoms with Gasteiger partial charge in [-0.15, -0.1) is 0 Å². The first-order valence-corrected chi connectivity index (χ1v) is 8.11. The molecule has 1 aromatic heterocycles. The number of halogens is 1. The third-order valence-electron chi connectivity index (χ3n) is 4.45. The van der Waals surface area contributed by atoms with E-state index in [0.717, 1.165) is 31.7 Å². The Bertz CT molecular complexity index is 711. The second-order valence-electron chi connectivity index (χ2n) is 5.96. The molecule has 2 saturated heterocycles. The van der Waals surface area contributed by atoms with Gasteiger partial charge in [-0.1, -0.05) is 12.1 Å². The molecule has 2 fully saturated rings. The van der Waals surface area contributed by atoms with Gasteiger partial charge in [0.25, 0.3) is 0 Å². The number of anilines is 3. The average Bonchev–Trinajstić information content (AvgIpc) is 3.06. The summed E-state index contributed by atoms with van der Waals surface area (Å²) >= 11 is 0. The minimum Gasteiger partial charge on any atom is -0.356 e. The number of aromatic nitrogens is 2. The van der Waals surface area contributed by atoms with Gasteiger partial charge in [0.15, 0.2) is 5.79 Å². The van der Waals surface area contributed by atoms with E-state index in [1.54, 1.807) is 18.2 Å². The van der Waals surface area contributed by atoms with Gasteiger partial charge in [-0.25, -0.2) is 14.4 Å². The second-order valence-corrected chi connectivity index (χ2v) is 5.96. The van der Waals surface area contributed by atoms with Gasteiger partial charge in [-0.2, -0.15) is 0 Å². The Morgan fingerprint density at radius 2 is 1.83 bits per heavy atom. The fourth-order valence-corrected chi connectivity index (χ4v) is 3.15. The van der Waals surface area contributed by atoms with Gasteiger partial charge in [-0.3, -0.25) is 0 Å². The Labute approximate surface area is 139 Å². The molecule has 4 rings (SSSR count). The highest BCUT2D eigenvalue weighted by Crippen LogP contribution is 2.33. The number of hydrogen-bond donors (Lipinski definition) is 1. The Morgan fingerprint density at radius 1 is 1.08 bits per heavy atom. The highest BCUT2D eigenvalue weighted by molar-refractivity contribution is 5.59. The molecule has 126 valence electrons. The van der Waals surface area contributed by atoms with Crippen LogP contribution in [0.3, 0.4) is 0 Å². The highest BCUT2D eigenvalue weighted by atomic mass is 19.1. The lowest BCUT2D eigenvalue weighted by atomic mass is 10.0. The summed E-state index contributed by atoms with van der Waals surface area (Å²) in [6.45, 7) is 2.95. The predicted molar refractivity (Wildman–Crippen MR) is 87.8 cm³/mol. The maximum Gasteiger partial charge on any atom is 0.171 e. The molecule has 24 heavy (non-hydrogen) atoms. The third-order valence-corrected chi connectivity index (χ3v) is 4.45. The van der Waals surface area contributed by atoms with E-state index in [0.29, 0.717) is 24.7 Å². The monoisotopic (exact) mass is 330 g/mol. The Hall–Kier alpha value is -2.25. The number of para-hydroxylation sites is 1. The maximum atomic E-state index is 13.8. The van der Waals surface area contributed by atoms with Crippen LogP contribution in [0.4, 0.5) is 21.7 Å². The van der Waals surface area contributed by atoms with Gasteiger partial charge in [0.1, 0.15) is 23.8 Å². The minimum atomic E-state index is -0.405. The molecule has 0 saturated carbocycles. The van der Waals surface area contributed by atoms with Crippen LogP contribution in [0.25, 0.3) is 0 Å². The van der Waals surface area contributed by atoms with Crippen LogP contribution in [0, 0.1) is 5.82 Å². The molecular formula is C17H19FN4O2. The largest absolute Gasteiger partial charge is 0.356 e. The minimum absolute atomic E-state index is 0.312. The predicted octanol–water partition coefficient (Wildman–Crippen LogP) is 2.70. The van der Waals surface area contributed by atoms with Crippen LogP contribution in [0.1, 0.15) is 12.8 Å². The summed E-state index contributed by atoms with van der Waals surface area (Å²) in [5.41, 5.74) is 0.396. The van der Waals surface area contributed by atoms with Crippen molar-refractivity contribution in [1.29, 1.82) is 0 Å². The number of benzene rings is 1. The maximum absolute atomic E-state index is 13.8. The molecule has 2 aromatic rings. The second kappa shape index (κ2) is 6.33. The van der Waals surface area contributed by atoms with Crippen molar-refractivity contribution in [3.05, 3.63) is 42.5 Å². The fourth-order valence-electron chi connectivity index (χ4n) is 3.15. The van der Waals surface area contributed by atoms with Crippen LogP contribution in [-0.2, 0) is 9.47 Å². The van der Waals surface area contributed by atoms with Crippen molar-refractivity contribution in [3.8, 4) is 0 Å². The van der Waals surface area contributed by atoms with E-state index in [2.05, 4.69) is 20.2 Å². The fraction of sp³-hybridized carbons (Fsp3) is 0.412. The number of nitrogens with one attached hydrogen (secondary N) is 1. The van der Waals surface area contributed by atoms with Crippen LogP contribution in [0.2, 0.25) is 0 Å². The van der Waals surface area contributed by atoms with E-state index in [4.69, 9.17) is 9.47 Å². The number of piperidine rings is 1. The van der Waals surface area contributed by atoms with Crippen molar-refractivity contribution >= 4 is 17.3 Å². The first-order valence-electron chi connectivity index (χ1n) is 8.11. The molecule has 0 amide bonds. The van der Waals surface area contributed by atoms with Crippen molar-refractivity contribution in [3.63, 3.8) is 0 Å². The smallest absolute Gasteiger partial charge is 0.171 e. The van der Waals surface area contributed by atoms with Crippen LogP contribution in [-0.4, -0.2) is 42.1 Å². The van der Waals surface area contributed by atoms with Gasteiger partial charge in [0.05, 0.1) is 18.9 Å². The summed E-state index contributed by atoms with van der Waals surface area (Å²) in [5.74, 6) is 0.668. The Morgan fingerprint density at radius 3 is 2.58 bits per heavy atom. The number of hydrogen-bond acceptors (Lipinski definition) is 6. The van der Waals surface area contributed by atoms with E-state index in [9.17, 15) is 4.39 Å². The molecule has 2 aliphatic rings. The molecule has 0 unspecified atom stereocenters. The summed E-state index contributed by atoms with van der Waals surface area (Å²) in [6, 6.07) is 8.36. The van der Waals surface area contributed by atoms with Crippen molar-refractivity contribution in [1.82, 2.24) is 9.97 Å². The van der Waals surface area contributed by atoms with Crippen LogP contribution in [0.5, 0.6) is 0 Å². The van der Waals surface area contributed by atoms with Gasteiger partial charge in [0, 0.05) is 32.0 Å². The molecule has 3 heterocycles. The molecule has 6 nitrogen and oxygen atoms in total. The van der Waals surface area contributed by atoms with Gasteiger partial charge in [0.2, 0.25) is 0 Å². The number of rotatable bonds is 3. The van der Waals surface area contributed by atoms with Crippen LogP contribution < -0.4 is 10.2 Å². The molecule has 7 heteroatoms. The molecule has 0 atom stereocenters. The molecule has 0 radical (unpaired) electrons. The number of ether oxygens (including phenoxy) is 2. The molecule has 1 aromatic carbocycles. The lowest BCUT2D eigenvalue weighted by Crippen LogP contribution is -2.45. The Balaban J connectivity index is 1.46. The average molecular weight is 330 g/mol. The third kappa shape index (κ3) is 3.05. The summed E-state index contributed by atoms with van der Waals surface area (Å²) in [5, 5.41) is 3.00. The first-order chi connectivity index (χ1) is 11.7. The van der Waals surface area contributed by atoms with E-state index in [-0.39, 0.29) is 5.82 Å². The summed E-state index contributed by atoms with van der Waals surface area (Å²) in [7, 11) is 0. The first kappa shape index (κ1) is 15.3. The van der Waals surface area contributed by atoms with Gasteiger partial charge in [-0.05, 0) is 12.1 Å². The van der Waals surface area contributed by atoms with Crippen LogP contribution >= 0.6 is 0 Å². The van der Waals surface area contributed by atoms with Crippen LogP contribution in [0.15, 0.2) is 36.7 Å². The van der Waals surface area contributed by atoms with E-state index >= 15 is 0 Å². The quantitative estimate of drug-likeness (QED) is 0.934. The number of nitrogens with zero attached hydrogens (tertiary/aromatic N) is 3. The molecular weight excluding hydrogens is 311 g/mol. The SMILES string of the molecule is Fc1ccccc1Nc1cc(N2CCC3(CC2)OCCO3)ncn1. The van der Waals surface area contributed by atoms with Gasteiger partial charge >= 0.3 is 0 Å². The molecule has 1 N–H and O–H groups in total. The van der Waals surface area contributed by atoms with E-state index < -0.39 is 5.79 Å². The zero-order valence-electron chi connectivity index (χ0n) is 13.2. The summed E-state index contributed by atoms with van der Waals surface area (Å²) in [4.78, 5) is 10.7. The summed E-state index contributed by atoms with van der Waals surface area (Å²) in [6.07, 6.45) is 3.12. The zero-order chi connectivity index (χ0) is 16.4.